The van der Waals surface area contributed by atoms with E-state index in [0.717, 1.165) is 32.4 Å². The van der Waals surface area contributed by atoms with Gasteiger partial charge in [-0.2, -0.15) is 0 Å². The van der Waals surface area contributed by atoms with Crippen LogP contribution in [-0.4, -0.2) is 34.3 Å². The molecule has 6 heteroatoms. The van der Waals surface area contributed by atoms with Gasteiger partial charge in [0, 0.05) is 29.7 Å². The Morgan fingerprint density at radius 3 is 3.00 bits per heavy atom. The van der Waals surface area contributed by atoms with E-state index in [4.69, 9.17) is 12.2 Å². The van der Waals surface area contributed by atoms with E-state index in [2.05, 4.69) is 44.6 Å². The van der Waals surface area contributed by atoms with Gasteiger partial charge in [-0.25, -0.2) is 4.79 Å². The number of rotatable bonds is 0. The van der Waals surface area contributed by atoms with Gasteiger partial charge in [0.1, 0.15) is 0 Å². The summed E-state index contributed by atoms with van der Waals surface area (Å²) in [7, 11) is 1.35. The minimum atomic E-state index is -0.502. The van der Waals surface area contributed by atoms with Crippen LogP contribution in [-0.2, 0) is 17.7 Å². The maximum Gasteiger partial charge on any atom is 0.413 e. The number of methoxy groups -OCH3 is 1. The highest BCUT2D eigenvalue weighted by Gasteiger charge is 2.36. The number of benzene rings is 1. The highest BCUT2D eigenvalue weighted by atomic mass is 32.1. The predicted molar refractivity (Wildman–Crippen MR) is 97.2 cm³/mol. The molecule has 126 valence electrons. The normalized spacial score (nSPS) is 19.1. The first-order valence-corrected chi connectivity index (χ1v) is 8.78. The zero-order chi connectivity index (χ0) is 16.8. The van der Waals surface area contributed by atoms with E-state index < -0.39 is 6.09 Å². The molecule has 2 aliphatic rings. The molecule has 1 aliphatic heterocycles. The van der Waals surface area contributed by atoms with Crippen LogP contribution in [0.5, 0.6) is 0 Å². The number of nitrogens with zero attached hydrogens (tertiary/aromatic N) is 2. The summed E-state index contributed by atoms with van der Waals surface area (Å²) >= 11 is 5.46. The summed E-state index contributed by atoms with van der Waals surface area (Å²) in [5, 5.41) is 4.51. The van der Waals surface area contributed by atoms with E-state index in [0.29, 0.717) is 5.11 Å². The van der Waals surface area contributed by atoms with E-state index in [1.165, 1.54) is 34.8 Å². The van der Waals surface area contributed by atoms with E-state index in [1.54, 1.807) is 0 Å². The van der Waals surface area contributed by atoms with E-state index in [1.807, 2.05) is 0 Å². The van der Waals surface area contributed by atoms with Crippen LogP contribution in [0.4, 0.5) is 4.79 Å². The van der Waals surface area contributed by atoms with Gasteiger partial charge < -0.3 is 14.2 Å². The Kier molecular flexibility index (Phi) is 3.72. The second kappa shape index (κ2) is 5.77. The molecule has 4 rings (SSSR count). The number of nitrogens with one attached hydrogen (secondary N) is 1. The lowest BCUT2D eigenvalue weighted by Gasteiger charge is -2.41. The molecule has 1 unspecified atom stereocenters. The molecule has 2 heterocycles. The number of fused-ring (bicyclic) bond motifs is 3. The number of hydrogen-bond donors (Lipinski definition) is 1. The van der Waals surface area contributed by atoms with Crippen molar-refractivity contribution in [2.75, 3.05) is 13.7 Å². The Bertz CT molecular complexity index is 842. The quantitative estimate of drug-likeness (QED) is 0.746. The summed E-state index contributed by atoms with van der Waals surface area (Å²) in [5.74, 6) is 0. The molecule has 0 spiro atoms. The Labute approximate surface area is 146 Å². The molecule has 0 saturated heterocycles. The number of ether oxygens (including phenoxy) is 1. The summed E-state index contributed by atoms with van der Waals surface area (Å²) in [6.07, 6.45) is 2.81. The molecule has 0 radical (unpaired) electrons. The van der Waals surface area contributed by atoms with Crippen LogP contribution in [0, 0.1) is 6.92 Å². The third-order valence-corrected chi connectivity index (χ3v) is 5.52. The molecule has 24 heavy (non-hydrogen) atoms. The van der Waals surface area contributed by atoms with E-state index >= 15 is 0 Å². The summed E-state index contributed by atoms with van der Waals surface area (Å²) in [6.45, 7) is 3.83. The molecule has 1 aromatic heterocycles. The molecule has 1 amide bonds. The second-order valence-corrected chi connectivity index (χ2v) is 6.95. The third-order valence-electron chi connectivity index (χ3n) is 5.18. The highest BCUT2D eigenvalue weighted by Crippen LogP contribution is 2.42. The van der Waals surface area contributed by atoms with Crippen LogP contribution in [0.3, 0.4) is 0 Å². The Hall–Kier alpha value is -2.08. The number of thiocarbonyl (C=S) groups is 1. The number of aromatic nitrogens is 1. The lowest BCUT2D eigenvalue weighted by Crippen LogP contribution is -2.49. The average molecular weight is 343 g/mol. The monoisotopic (exact) mass is 343 g/mol. The predicted octanol–water partition coefficient (Wildman–Crippen LogP) is 3.28. The topological polar surface area (TPSA) is 46.5 Å². The van der Waals surface area contributed by atoms with Gasteiger partial charge >= 0.3 is 6.09 Å². The second-order valence-electron chi connectivity index (χ2n) is 6.56. The van der Waals surface area contributed by atoms with E-state index in [9.17, 15) is 4.79 Å². The van der Waals surface area contributed by atoms with Crippen molar-refractivity contribution in [2.24, 2.45) is 0 Å². The number of hydrogen-bond acceptors (Lipinski definition) is 3. The number of carbonyl (C=O) groups excluding carboxylic acids is 1. The van der Waals surface area contributed by atoms with Crippen LogP contribution in [0.1, 0.15) is 35.7 Å². The standard InChI is InChI=1S/C18H21N3O2S/c1-11-6-7-14-13(10-11)12-4-3-5-15-16(12)20(14)8-9-21(15)17(24)19-18(22)23-2/h6-7,10,15H,3-5,8-9H2,1-2H3,(H,19,22,24). The summed E-state index contributed by atoms with van der Waals surface area (Å²) in [4.78, 5) is 13.7. The first-order chi connectivity index (χ1) is 11.6. The maximum atomic E-state index is 11.5. The summed E-state index contributed by atoms with van der Waals surface area (Å²) in [5.41, 5.74) is 5.45. The zero-order valence-corrected chi connectivity index (χ0v) is 14.8. The van der Waals surface area contributed by atoms with Gasteiger partial charge in [0.15, 0.2) is 5.11 Å². The lowest BCUT2D eigenvalue weighted by molar-refractivity contribution is 0.172. The van der Waals surface area contributed by atoms with Gasteiger partial charge in [0.05, 0.1) is 13.2 Å². The third kappa shape index (κ3) is 2.28. The Balaban J connectivity index is 1.77. The molecule has 1 atom stereocenters. The Morgan fingerprint density at radius 1 is 1.38 bits per heavy atom. The van der Waals surface area contributed by atoms with Crippen LogP contribution in [0.2, 0.25) is 0 Å². The van der Waals surface area contributed by atoms with Gasteiger partial charge in [-0.05, 0) is 56.1 Å². The minimum Gasteiger partial charge on any atom is -0.453 e. The van der Waals surface area contributed by atoms with Gasteiger partial charge in [0.2, 0.25) is 0 Å². The molecule has 0 bridgehead atoms. The maximum absolute atomic E-state index is 11.5. The van der Waals surface area contributed by atoms with Gasteiger partial charge in [-0.1, -0.05) is 11.6 Å². The zero-order valence-electron chi connectivity index (χ0n) is 14.0. The van der Waals surface area contributed by atoms with Crippen molar-refractivity contribution in [3.8, 4) is 0 Å². The van der Waals surface area contributed by atoms with Crippen molar-refractivity contribution >= 4 is 34.3 Å². The Morgan fingerprint density at radius 2 is 2.21 bits per heavy atom. The molecular formula is C18H21N3O2S. The van der Waals surface area contributed by atoms with Crippen LogP contribution in [0.25, 0.3) is 10.9 Å². The van der Waals surface area contributed by atoms with Crippen molar-refractivity contribution in [1.82, 2.24) is 14.8 Å². The highest BCUT2D eigenvalue weighted by molar-refractivity contribution is 7.80. The fourth-order valence-electron chi connectivity index (χ4n) is 4.17. The smallest absolute Gasteiger partial charge is 0.413 e. The number of amides is 1. The molecule has 2 aromatic rings. The fraction of sp³-hybridized carbons (Fsp3) is 0.444. The fourth-order valence-corrected chi connectivity index (χ4v) is 4.47. The van der Waals surface area contributed by atoms with Crippen molar-refractivity contribution in [1.29, 1.82) is 0 Å². The first kappa shape index (κ1) is 15.4. The van der Waals surface area contributed by atoms with Crippen LogP contribution in [0.15, 0.2) is 18.2 Å². The molecule has 1 aliphatic carbocycles. The average Bonchev–Trinajstić information content (AvgIpc) is 2.90. The molecule has 5 nitrogen and oxygen atoms in total. The molecule has 1 N–H and O–H groups in total. The van der Waals surface area contributed by atoms with Crippen molar-refractivity contribution in [2.45, 2.75) is 38.8 Å². The number of carbonyl (C=O) groups is 1. The molecular weight excluding hydrogens is 322 g/mol. The minimum absolute atomic E-state index is 0.236. The summed E-state index contributed by atoms with van der Waals surface area (Å²) < 4.78 is 7.13. The van der Waals surface area contributed by atoms with Crippen molar-refractivity contribution < 1.29 is 9.53 Å². The van der Waals surface area contributed by atoms with Gasteiger partial charge in [-0.15, -0.1) is 0 Å². The van der Waals surface area contributed by atoms with Crippen LogP contribution >= 0.6 is 12.2 Å². The van der Waals surface area contributed by atoms with Gasteiger partial charge in [0.25, 0.3) is 0 Å². The largest absolute Gasteiger partial charge is 0.453 e. The number of aryl methyl sites for hydroxylation is 2. The summed E-state index contributed by atoms with van der Waals surface area (Å²) in [6, 6.07) is 6.95. The SMILES string of the molecule is COC(=O)NC(=S)N1CCn2c3c(c4cc(C)ccc42)CCCC31. The first-order valence-electron chi connectivity index (χ1n) is 8.37. The van der Waals surface area contributed by atoms with Crippen molar-refractivity contribution in [3.63, 3.8) is 0 Å². The number of alkyl carbamates (subject to hydrolysis) is 1. The molecule has 0 saturated carbocycles. The van der Waals surface area contributed by atoms with Crippen LogP contribution < -0.4 is 5.32 Å². The molecule has 1 aromatic carbocycles. The van der Waals surface area contributed by atoms with E-state index in [-0.39, 0.29) is 6.04 Å². The van der Waals surface area contributed by atoms with Crippen molar-refractivity contribution in [3.05, 3.63) is 35.0 Å². The van der Waals surface area contributed by atoms with Gasteiger partial charge in [-0.3, -0.25) is 5.32 Å². The molecule has 0 fully saturated rings. The lowest BCUT2D eigenvalue weighted by atomic mass is 9.89.